The highest BCUT2D eigenvalue weighted by Gasteiger charge is 2.23. The number of aromatic nitrogens is 1. The van der Waals surface area contributed by atoms with Gasteiger partial charge in [-0.25, -0.2) is 13.6 Å². The summed E-state index contributed by atoms with van der Waals surface area (Å²) in [6, 6.07) is 13.2. The van der Waals surface area contributed by atoms with E-state index in [1.807, 2.05) is 30.3 Å². The molecule has 0 aliphatic carbocycles. The standard InChI is InChI=1S/C28H29F2N3O5/c1-2-24(28(35)36)38-27-23(30)15-22(29)26(32-27)37-21-12-18(13-25(34)33-8-3-4-9-33)11-20(14-21)19-7-5-6-17(10-19)16-31/h5-7,10-12,14-15,24H,2-4,8-9,13,16,31H2,1H3,(H,35,36)/t24-/m1/s1. The van der Waals surface area contributed by atoms with Gasteiger partial charge in [0.25, 0.3) is 11.8 Å². The monoisotopic (exact) mass is 525 g/mol. The number of amides is 1. The molecular formula is C28H29F2N3O5. The Bertz CT molecular complexity index is 1330. The third-order valence-electron chi connectivity index (χ3n) is 6.26. The normalized spacial score (nSPS) is 13.8. The molecule has 1 atom stereocenters. The van der Waals surface area contributed by atoms with Crippen molar-refractivity contribution in [1.29, 1.82) is 0 Å². The molecule has 2 heterocycles. The van der Waals surface area contributed by atoms with Crippen LogP contribution < -0.4 is 15.2 Å². The second kappa shape index (κ2) is 12.0. The second-order valence-electron chi connectivity index (χ2n) is 9.05. The maximum absolute atomic E-state index is 14.7. The van der Waals surface area contributed by atoms with Gasteiger partial charge >= 0.3 is 5.97 Å². The number of nitrogens with two attached hydrogens (primary N) is 1. The minimum Gasteiger partial charge on any atom is -0.479 e. The van der Waals surface area contributed by atoms with Crippen LogP contribution in [0.15, 0.2) is 48.5 Å². The molecule has 10 heteroatoms. The van der Waals surface area contributed by atoms with E-state index in [-0.39, 0.29) is 24.5 Å². The fourth-order valence-electron chi connectivity index (χ4n) is 4.26. The molecule has 3 N–H and O–H groups in total. The number of likely N-dealkylation sites (tertiary alicyclic amines) is 1. The van der Waals surface area contributed by atoms with Crippen LogP contribution in [0.2, 0.25) is 0 Å². The average Bonchev–Trinajstić information content (AvgIpc) is 3.45. The Labute approximate surface area is 219 Å². The van der Waals surface area contributed by atoms with Crippen LogP contribution >= 0.6 is 0 Å². The molecule has 1 saturated heterocycles. The summed E-state index contributed by atoms with van der Waals surface area (Å²) in [5.41, 5.74) is 8.87. The van der Waals surface area contributed by atoms with E-state index in [1.165, 1.54) is 0 Å². The number of hydrogen-bond donors (Lipinski definition) is 2. The lowest BCUT2D eigenvalue weighted by Crippen LogP contribution is -2.29. The third kappa shape index (κ3) is 6.44. The number of ether oxygens (including phenoxy) is 2. The molecule has 8 nitrogen and oxygen atoms in total. The van der Waals surface area contributed by atoms with Crippen molar-refractivity contribution in [3.8, 4) is 28.6 Å². The Kier molecular flexibility index (Phi) is 8.52. The van der Waals surface area contributed by atoms with Crippen LogP contribution in [0.1, 0.15) is 37.3 Å². The lowest BCUT2D eigenvalue weighted by Gasteiger charge is -2.17. The number of carbonyl (C=O) groups is 2. The third-order valence-corrected chi connectivity index (χ3v) is 6.26. The zero-order chi connectivity index (χ0) is 27.2. The predicted molar refractivity (Wildman–Crippen MR) is 136 cm³/mol. The molecule has 1 aliphatic rings. The topological polar surface area (TPSA) is 115 Å². The van der Waals surface area contributed by atoms with Gasteiger partial charge in [0.15, 0.2) is 17.7 Å². The minimum atomic E-state index is -1.36. The highest BCUT2D eigenvalue weighted by atomic mass is 19.1. The molecular weight excluding hydrogens is 496 g/mol. The van der Waals surface area contributed by atoms with Crippen molar-refractivity contribution in [2.24, 2.45) is 5.73 Å². The van der Waals surface area contributed by atoms with Gasteiger partial charge in [0, 0.05) is 25.7 Å². The Balaban J connectivity index is 1.69. The number of carboxylic acids is 1. The summed E-state index contributed by atoms with van der Waals surface area (Å²) >= 11 is 0. The molecule has 1 fully saturated rings. The van der Waals surface area contributed by atoms with Gasteiger partial charge in [-0.2, -0.15) is 4.98 Å². The summed E-state index contributed by atoms with van der Waals surface area (Å²) in [5.74, 6) is -4.69. The Morgan fingerprint density at radius 3 is 2.42 bits per heavy atom. The van der Waals surface area contributed by atoms with E-state index in [0.29, 0.717) is 36.8 Å². The van der Waals surface area contributed by atoms with Gasteiger partial charge < -0.3 is 25.2 Å². The maximum atomic E-state index is 14.7. The van der Waals surface area contributed by atoms with Gasteiger partial charge in [-0.05, 0) is 59.7 Å². The summed E-state index contributed by atoms with van der Waals surface area (Å²) in [6.07, 6.45) is 0.726. The Hall–Kier alpha value is -4.05. The van der Waals surface area contributed by atoms with Crippen molar-refractivity contribution >= 4 is 11.9 Å². The first-order chi connectivity index (χ1) is 18.3. The van der Waals surface area contributed by atoms with Crippen molar-refractivity contribution in [3.05, 3.63) is 71.3 Å². The number of aliphatic carboxylic acids is 1. The number of carboxylic acid groups (broad SMARTS) is 1. The summed E-state index contributed by atoms with van der Waals surface area (Å²) in [4.78, 5) is 29.7. The van der Waals surface area contributed by atoms with Crippen molar-refractivity contribution in [1.82, 2.24) is 9.88 Å². The molecule has 4 rings (SSSR count). The van der Waals surface area contributed by atoms with Crippen LogP contribution in [-0.4, -0.2) is 46.1 Å². The van der Waals surface area contributed by atoms with Crippen LogP contribution in [0.4, 0.5) is 8.78 Å². The van der Waals surface area contributed by atoms with Crippen LogP contribution in [0, 0.1) is 11.6 Å². The average molecular weight is 526 g/mol. The number of nitrogens with zero attached hydrogens (tertiary/aromatic N) is 2. The summed E-state index contributed by atoms with van der Waals surface area (Å²) in [5, 5.41) is 9.22. The van der Waals surface area contributed by atoms with Crippen molar-refractivity contribution < 1.29 is 33.0 Å². The molecule has 0 unspecified atom stereocenters. The number of rotatable bonds is 10. The van der Waals surface area contributed by atoms with Gasteiger partial charge in [-0.3, -0.25) is 4.79 Å². The van der Waals surface area contributed by atoms with Crippen LogP contribution in [0.5, 0.6) is 17.5 Å². The van der Waals surface area contributed by atoms with E-state index in [9.17, 15) is 23.5 Å². The Morgan fingerprint density at radius 1 is 1.03 bits per heavy atom. The van der Waals surface area contributed by atoms with E-state index in [4.69, 9.17) is 15.2 Å². The number of hydrogen-bond acceptors (Lipinski definition) is 6. The first kappa shape index (κ1) is 27.0. The van der Waals surface area contributed by atoms with Gasteiger partial charge in [0.1, 0.15) is 5.75 Å². The van der Waals surface area contributed by atoms with Crippen molar-refractivity contribution in [3.63, 3.8) is 0 Å². The molecule has 1 aromatic heterocycles. The lowest BCUT2D eigenvalue weighted by molar-refractivity contribution is -0.145. The number of carbonyl (C=O) groups excluding carboxylic acids is 1. The van der Waals surface area contributed by atoms with Gasteiger partial charge in [-0.1, -0.05) is 31.2 Å². The van der Waals surface area contributed by atoms with Gasteiger partial charge in [0.05, 0.1) is 6.42 Å². The summed E-state index contributed by atoms with van der Waals surface area (Å²) < 4.78 is 39.8. The van der Waals surface area contributed by atoms with E-state index >= 15 is 0 Å². The summed E-state index contributed by atoms with van der Waals surface area (Å²) in [6.45, 7) is 3.31. The van der Waals surface area contributed by atoms with E-state index in [1.54, 1.807) is 24.0 Å². The Morgan fingerprint density at radius 2 is 1.74 bits per heavy atom. The molecule has 0 saturated carbocycles. The first-order valence-electron chi connectivity index (χ1n) is 12.4. The first-order valence-corrected chi connectivity index (χ1v) is 12.4. The molecule has 2 aromatic carbocycles. The zero-order valence-corrected chi connectivity index (χ0v) is 21.0. The molecule has 0 radical (unpaired) electrons. The van der Waals surface area contributed by atoms with Crippen LogP contribution in [0.3, 0.4) is 0 Å². The fourth-order valence-corrected chi connectivity index (χ4v) is 4.26. The van der Waals surface area contributed by atoms with Crippen LogP contribution in [0.25, 0.3) is 11.1 Å². The smallest absolute Gasteiger partial charge is 0.344 e. The predicted octanol–water partition coefficient (Wildman–Crippen LogP) is 4.68. The SMILES string of the molecule is CC[C@@H](Oc1nc(Oc2cc(CC(=O)N3CCCC3)cc(-c3cccc(CN)c3)c2)c(F)cc1F)C(=O)O. The maximum Gasteiger partial charge on any atom is 0.344 e. The fraction of sp³-hybridized carbons (Fsp3) is 0.321. The molecule has 1 amide bonds. The van der Waals surface area contributed by atoms with Crippen LogP contribution in [-0.2, 0) is 22.6 Å². The zero-order valence-electron chi connectivity index (χ0n) is 21.0. The molecule has 0 bridgehead atoms. The minimum absolute atomic E-state index is 0.0256. The highest BCUT2D eigenvalue weighted by molar-refractivity contribution is 5.80. The number of benzene rings is 2. The molecule has 200 valence electrons. The number of halogens is 2. The van der Waals surface area contributed by atoms with E-state index in [0.717, 1.165) is 24.0 Å². The number of pyridine rings is 1. The van der Waals surface area contributed by atoms with Crippen molar-refractivity contribution in [2.45, 2.75) is 45.3 Å². The molecule has 38 heavy (non-hydrogen) atoms. The summed E-state index contributed by atoms with van der Waals surface area (Å²) in [7, 11) is 0. The van der Waals surface area contributed by atoms with E-state index < -0.39 is 35.5 Å². The highest BCUT2D eigenvalue weighted by Crippen LogP contribution is 2.32. The lowest BCUT2D eigenvalue weighted by atomic mass is 9.99. The molecule has 3 aromatic rings. The van der Waals surface area contributed by atoms with Gasteiger partial charge in [0.2, 0.25) is 5.91 Å². The quantitative estimate of drug-likeness (QED) is 0.395. The molecule has 0 spiro atoms. The molecule has 1 aliphatic heterocycles. The van der Waals surface area contributed by atoms with E-state index in [2.05, 4.69) is 4.98 Å². The second-order valence-corrected chi connectivity index (χ2v) is 9.05. The van der Waals surface area contributed by atoms with Crippen molar-refractivity contribution in [2.75, 3.05) is 13.1 Å². The van der Waals surface area contributed by atoms with Gasteiger partial charge in [-0.15, -0.1) is 0 Å². The largest absolute Gasteiger partial charge is 0.479 e.